The maximum absolute atomic E-state index is 14.3. The Hall–Kier alpha value is -3.38. The Morgan fingerprint density at radius 2 is 1.77 bits per heavy atom. The molecule has 0 bridgehead atoms. The smallest absolute Gasteiger partial charge is 0.265 e. The number of halogens is 2. The van der Waals surface area contributed by atoms with Gasteiger partial charge in [0.25, 0.3) is 10.0 Å². The van der Waals surface area contributed by atoms with Gasteiger partial charge in [-0.2, -0.15) is 5.26 Å². The molecule has 2 aromatic carbocycles. The van der Waals surface area contributed by atoms with Crippen molar-refractivity contribution < 1.29 is 21.9 Å². The molecule has 0 amide bonds. The van der Waals surface area contributed by atoms with Crippen LogP contribution in [-0.4, -0.2) is 20.1 Å². The number of hydrogen-bond donors (Lipinski definition) is 0. The van der Waals surface area contributed by atoms with Gasteiger partial charge in [-0.1, -0.05) is 6.92 Å². The third-order valence-corrected chi connectivity index (χ3v) is 7.27. The van der Waals surface area contributed by atoms with Gasteiger partial charge in [-0.15, -0.1) is 0 Å². The standard InChI is InChI=1S/C22H19F2N3O3S/c1-4-18-19-7-5-14(12-25)26(19)20-10-16(23)17(24)11-21(20)27(18)31(28,29)15-6-8-22(30-3)13(2)9-15/h5-11,18H,4H2,1-3H3. The van der Waals surface area contributed by atoms with Gasteiger partial charge < -0.3 is 9.30 Å². The van der Waals surface area contributed by atoms with Crippen molar-refractivity contribution in [3.8, 4) is 17.5 Å². The monoisotopic (exact) mass is 443 g/mol. The zero-order chi connectivity index (χ0) is 22.5. The average molecular weight is 443 g/mol. The van der Waals surface area contributed by atoms with Crippen molar-refractivity contribution in [1.29, 1.82) is 5.26 Å². The van der Waals surface area contributed by atoms with Crippen LogP contribution in [0.5, 0.6) is 5.75 Å². The van der Waals surface area contributed by atoms with Gasteiger partial charge in [0.15, 0.2) is 11.6 Å². The number of sulfonamides is 1. The third-order valence-electron chi connectivity index (χ3n) is 5.46. The molecule has 160 valence electrons. The van der Waals surface area contributed by atoms with Gasteiger partial charge in [-0.25, -0.2) is 17.2 Å². The largest absolute Gasteiger partial charge is 0.496 e. The molecule has 1 aliphatic heterocycles. The minimum atomic E-state index is -4.16. The molecule has 1 atom stereocenters. The van der Waals surface area contributed by atoms with Gasteiger partial charge in [0, 0.05) is 17.8 Å². The molecule has 0 N–H and O–H groups in total. The molecule has 1 unspecified atom stereocenters. The minimum Gasteiger partial charge on any atom is -0.496 e. The second-order valence-electron chi connectivity index (χ2n) is 7.20. The lowest BCUT2D eigenvalue weighted by molar-refractivity contribution is 0.411. The second-order valence-corrected chi connectivity index (χ2v) is 9.02. The number of anilines is 1. The molecule has 1 aromatic heterocycles. The van der Waals surface area contributed by atoms with Crippen LogP contribution in [0.3, 0.4) is 0 Å². The number of nitriles is 1. The average Bonchev–Trinajstić information content (AvgIpc) is 3.18. The van der Waals surface area contributed by atoms with E-state index in [1.54, 1.807) is 26.0 Å². The Balaban J connectivity index is 2.01. The predicted molar refractivity (Wildman–Crippen MR) is 111 cm³/mol. The Kier molecular flexibility index (Phi) is 4.98. The van der Waals surface area contributed by atoms with Crippen molar-refractivity contribution in [3.05, 3.63) is 71.1 Å². The summed E-state index contributed by atoms with van der Waals surface area (Å²) in [6, 6.07) is 10.7. The quantitative estimate of drug-likeness (QED) is 0.590. The summed E-state index contributed by atoms with van der Waals surface area (Å²) < 4.78 is 63.7. The third kappa shape index (κ3) is 3.06. The lowest BCUT2D eigenvalue weighted by atomic mass is 10.1. The molecule has 3 aromatic rings. The highest BCUT2D eigenvalue weighted by Crippen LogP contribution is 2.45. The number of ether oxygens (including phenoxy) is 1. The van der Waals surface area contributed by atoms with E-state index < -0.39 is 27.7 Å². The topological polar surface area (TPSA) is 75.3 Å². The van der Waals surface area contributed by atoms with Crippen LogP contribution < -0.4 is 9.04 Å². The lowest BCUT2D eigenvalue weighted by Gasteiger charge is -2.38. The molecule has 0 aliphatic carbocycles. The van der Waals surface area contributed by atoms with E-state index >= 15 is 0 Å². The fourth-order valence-electron chi connectivity index (χ4n) is 4.04. The molecule has 31 heavy (non-hydrogen) atoms. The normalized spacial score (nSPS) is 15.2. The zero-order valence-corrected chi connectivity index (χ0v) is 17.9. The molecule has 0 saturated heterocycles. The van der Waals surface area contributed by atoms with Crippen LogP contribution in [0.4, 0.5) is 14.5 Å². The fourth-order valence-corrected chi connectivity index (χ4v) is 5.83. The number of nitrogens with zero attached hydrogens (tertiary/aromatic N) is 3. The Bertz CT molecular complexity index is 1340. The number of rotatable bonds is 4. The molecule has 0 radical (unpaired) electrons. The molecule has 2 heterocycles. The summed E-state index contributed by atoms with van der Waals surface area (Å²) in [6.07, 6.45) is 0.349. The molecule has 4 rings (SSSR count). The number of aromatic nitrogens is 1. The van der Waals surface area contributed by atoms with E-state index in [0.29, 0.717) is 23.4 Å². The molecule has 0 saturated carbocycles. The number of fused-ring (bicyclic) bond motifs is 3. The predicted octanol–water partition coefficient (Wildman–Crippen LogP) is 4.60. The van der Waals surface area contributed by atoms with E-state index in [-0.39, 0.29) is 22.0 Å². The highest BCUT2D eigenvalue weighted by molar-refractivity contribution is 7.92. The van der Waals surface area contributed by atoms with Crippen LogP contribution in [0.2, 0.25) is 0 Å². The first-order chi connectivity index (χ1) is 14.7. The van der Waals surface area contributed by atoms with Crippen LogP contribution in [0, 0.1) is 29.9 Å². The Morgan fingerprint density at radius 3 is 2.35 bits per heavy atom. The molecule has 0 spiro atoms. The number of hydrogen-bond acceptors (Lipinski definition) is 4. The first kappa shape index (κ1) is 20.9. The SMILES string of the molecule is CCC1c2ccc(C#N)n2-c2cc(F)c(F)cc2N1S(=O)(=O)c1ccc(OC)c(C)c1. The van der Waals surface area contributed by atoms with Crippen molar-refractivity contribution in [2.45, 2.75) is 31.2 Å². The van der Waals surface area contributed by atoms with E-state index in [1.165, 1.54) is 29.9 Å². The van der Waals surface area contributed by atoms with Crippen LogP contribution in [0.1, 0.15) is 36.3 Å². The summed E-state index contributed by atoms with van der Waals surface area (Å²) >= 11 is 0. The van der Waals surface area contributed by atoms with Crippen LogP contribution in [0.25, 0.3) is 5.69 Å². The summed E-state index contributed by atoms with van der Waals surface area (Å²) in [5, 5.41) is 9.49. The van der Waals surface area contributed by atoms with Crippen LogP contribution >= 0.6 is 0 Å². The minimum absolute atomic E-state index is 0.000413. The van der Waals surface area contributed by atoms with Gasteiger partial charge >= 0.3 is 0 Å². The summed E-state index contributed by atoms with van der Waals surface area (Å²) in [4.78, 5) is 0.000413. The molecule has 1 aliphatic rings. The zero-order valence-electron chi connectivity index (χ0n) is 17.1. The van der Waals surface area contributed by atoms with Crippen molar-refractivity contribution in [2.24, 2.45) is 0 Å². The summed E-state index contributed by atoms with van der Waals surface area (Å²) in [7, 11) is -2.67. The maximum atomic E-state index is 14.3. The molecular weight excluding hydrogens is 424 g/mol. The number of methoxy groups -OCH3 is 1. The Labute approximate surface area is 179 Å². The highest BCUT2D eigenvalue weighted by Gasteiger charge is 2.40. The molecule has 6 nitrogen and oxygen atoms in total. The van der Waals surface area contributed by atoms with Gasteiger partial charge in [0.05, 0.1) is 29.4 Å². The van der Waals surface area contributed by atoms with E-state index in [4.69, 9.17) is 4.74 Å². The van der Waals surface area contributed by atoms with Gasteiger partial charge in [-0.3, -0.25) is 4.31 Å². The highest BCUT2D eigenvalue weighted by atomic mass is 32.2. The van der Waals surface area contributed by atoms with Gasteiger partial charge in [-0.05, 0) is 49.2 Å². The molecular formula is C22H19F2N3O3S. The lowest BCUT2D eigenvalue weighted by Crippen LogP contribution is -2.39. The van der Waals surface area contributed by atoms with Crippen LogP contribution in [-0.2, 0) is 10.0 Å². The van der Waals surface area contributed by atoms with E-state index in [1.807, 2.05) is 6.07 Å². The van der Waals surface area contributed by atoms with Crippen molar-refractivity contribution in [3.63, 3.8) is 0 Å². The fraction of sp³-hybridized carbons (Fsp3) is 0.227. The van der Waals surface area contributed by atoms with Crippen molar-refractivity contribution in [1.82, 2.24) is 4.57 Å². The number of aryl methyl sites for hydroxylation is 1. The van der Waals surface area contributed by atoms with E-state index in [0.717, 1.165) is 16.4 Å². The molecule has 9 heteroatoms. The van der Waals surface area contributed by atoms with E-state index in [9.17, 15) is 22.5 Å². The second kappa shape index (κ2) is 7.39. The molecule has 0 fully saturated rings. The van der Waals surface area contributed by atoms with Gasteiger partial charge in [0.1, 0.15) is 17.5 Å². The summed E-state index contributed by atoms with van der Waals surface area (Å²) in [5.74, 6) is -1.77. The van der Waals surface area contributed by atoms with Crippen LogP contribution in [0.15, 0.2) is 47.4 Å². The first-order valence-corrected chi connectivity index (χ1v) is 11.0. The summed E-state index contributed by atoms with van der Waals surface area (Å²) in [5.41, 5.74) is 1.40. The van der Waals surface area contributed by atoms with Crippen molar-refractivity contribution in [2.75, 3.05) is 11.4 Å². The first-order valence-electron chi connectivity index (χ1n) is 9.54. The van der Waals surface area contributed by atoms with E-state index in [2.05, 4.69) is 0 Å². The Morgan fingerprint density at radius 1 is 1.10 bits per heavy atom. The summed E-state index contributed by atoms with van der Waals surface area (Å²) in [6.45, 7) is 3.51. The van der Waals surface area contributed by atoms with Gasteiger partial charge in [0.2, 0.25) is 0 Å². The number of benzene rings is 2. The maximum Gasteiger partial charge on any atom is 0.265 e. The van der Waals surface area contributed by atoms with Crippen molar-refractivity contribution >= 4 is 15.7 Å².